The molecule has 1 unspecified atom stereocenters. The maximum atomic E-state index is 2.62. The maximum Gasteiger partial charge on any atom is 0.0601 e. The molecule has 1 aliphatic rings. The highest BCUT2D eigenvalue weighted by atomic mass is 32.2. The number of nitrogens with zero attached hydrogens (tertiary/aromatic N) is 1. The molecular formula is C13H19NS. The van der Waals surface area contributed by atoms with Crippen LogP contribution in [-0.4, -0.2) is 23.4 Å². The maximum absolute atomic E-state index is 2.62. The van der Waals surface area contributed by atoms with Gasteiger partial charge in [-0.1, -0.05) is 25.1 Å². The molecule has 0 radical (unpaired) electrons. The van der Waals surface area contributed by atoms with E-state index in [1.54, 1.807) is 0 Å². The third kappa shape index (κ3) is 2.99. The van der Waals surface area contributed by atoms with E-state index >= 15 is 0 Å². The molecule has 0 saturated carbocycles. The first-order valence-electron chi connectivity index (χ1n) is 5.86. The van der Waals surface area contributed by atoms with Crippen LogP contribution in [0.2, 0.25) is 0 Å². The molecule has 2 rings (SSSR count). The van der Waals surface area contributed by atoms with Crippen LogP contribution in [0, 0.1) is 0 Å². The highest BCUT2D eigenvalue weighted by Crippen LogP contribution is 2.29. The van der Waals surface area contributed by atoms with Gasteiger partial charge in [0.05, 0.1) is 5.37 Å². The summed E-state index contributed by atoms with van der Waals surface area (Å²) in [4.78, 5) is 4.02. The Morgan fingerprint density at radius 3 is 2.47 bits per heavy atom. The summed E-state index contributed by atoms with van der Waals surface area (Å²) in [7, 11) is 0. The number of thioether (sulfide) groups is 1. The number of hydrogen-bond acceptors (Lipinski definition) is 2. The molecule has 1 aliphatic heterocycles. The van der Waals surface area contributed by atoms with Crippen LogP contribution >= 0.6 is 11.8 Å². The zero-order valence-electron chi connectivity index (χ0n) is 9.36. The number of likely N-dealkylation sites (tertiary alicyclic amines) is 1. The normalized spacial score (nSPS) is 19.3. The molecule has 1 aromatic rings. The van der Waals surface area contributed by atoms with Gasteiger partial charge in [-0.2, -0.15) is 0 Å². The van der Waals surface area contributed by atoms with E-state index in [9.17, 15) is 0 Å². The van der Waals surface area contributed by atoms with Crippen molar-refractivity contribution in [3.63, 3.8) is 0 Å². The molecule has 0 aromatic heterocycles. The fourth-order valence-corrected chi connectivity index (χ4v) is 3.26. The average molecular weight is 221 g/mol. The molecule has 1 atom stereocenters. The van der Waals surface area contributed by atoms with Crippen molar-refractivity contribution in [1.82, 2.24) is 4.90 Å². The Morgan fingerprint density at radius 1 is 1.20 bits per heavy atom. The molecule has 1 nitrogen and oxygen atoms in total. The van der Waals surface area contributed by atoms with Crippen molar-refractivity contribution in [2.75, 3.05) is 13.1 Å². The Morgan fingerprint density at radius 2 is 1.87 bits per heavy atom. The fraction of sp³-hybridized carbons (Fsp3) is 0.538. The third-order valence-corrected chi connectivity index (χ3v) is 4.36. The molecule has 0 bridgehead atoms. The van der Waals surface area contributed by atoms with E-state index in [0.29, 0.717) is 5.37 Å². The summed E-state index contributed by atoms with van der Waals surface area (Å²) in [6, 6.07) is 10.8. The van der Waals surface area contributed by atoms with Gasteiger partial charge in [0.1, 0.15) is 0 Å². The van der Waals surface area contributed by atoms with E-state index in [4.69, 9.17) is 0 Å². The van der Waals surface area contributed by atoms with Gasteiger partial charge in [0.15, 0.2) is 0 Å². The lowest BCUT2D eigenvalue weighted by Crippen LogP contribution is -2.29. The molecule has 0 spiro atoms. The Balaban J connectivity index is 1.96. The lowest BCUT2D eigenvalue weighted by Gasteiger charge is -2.25. The summed E-state index contributed by atoms with van der Waals surface area (Å²) in [6.45, 7) is 4.87. The summed E-state index contributed by atoms with van der Waals surface area (Å²) in [5, 5.41) is 0.676. The highest BCUT2D eigenvalue weighted by molar-refractivity contribution is 7.99. The molecule has 1 fully saturated rings. The van der Waals surface area contributed by atoms with Gasteiger partial charge >= 0.3 is 0 Å². The largest absolute Gasteiger partial charge is 0.291 e. The summed E-state index contributed by atoms with van der Waals surface area (Å²) in [6.07, 6.45) is 4.00. The van der Waals surface area contributed by atoms with Crippen LogP contribution in [-0.2, 0) is 0 Å². The van der Waals surface area contributed by atoms with Crippen LogP contribution in [0.1, 0.15) is 26.2 Å². The van der Waals surface area contributed by atoms with E-state index in [-0.39, 0.29) is 0 Å². The minimum Gasteiger partial charge on any atom is -0.291 e. The molecule has 1 saturated heterocycles. The van der Waals surface area contributed by atoms with Crippen LogP contribution in [0.25, 0.3) is 0 Å². The van der Waals surface area contributed by atoms with E-state index in [0.717, 1.165) is 0 Å². The highest BCUT2D eigenvalue weighted by Gasteiger charge is 2.20. The number of benzene rings is 1. The second kappa shape index (κ2) is 5.57. The first-order valence-corrected chi connectivity index (χ1v) is 6.74. The molecule has 15 heavy (non-hydrogen) atoms. The van der Waals surface area contributed by atoms with E-state index in [1.165, 1.54) is 37.2 Å². The third-order valence-electron chi connectivity index (χ3n) is 2.91. The summed E-state index contributed by atoms with van der Waals surface area (Å²) < 4.78 is 0. The van der Waals surface area contributed by atoms with Crippen molar-refractivity contribution in [3.05, 3.63) is 30.3 Å². The lowest BCUT2D eigenvalue weighted by atomic mass is 10.4. The minimum atomic E-state index is 0.676. The summed E-state index contributed by atoms with van der Waals surface area (Å²) in [5.41, 5.74) is 0. The first kappa shape index (κ1) is 11.0. The molecule has 1 heterocycles. The van der Waals surface area contributed by atoms with Gasteiger partial charge in [-0.15, -0.1) is 11.8 Å². The Hall–Kier alpha value is -0.470. The molecule has 0 amide bonds. The molecule has 0 N–H and O–H groups in total. The minimum absolute atomic E-state index is 0.676. The quantitative estimate of drug-likeness (QED) is 0.715. The van der Waals surface area contributed by atoms with Gasteiger partial charge < -0.3 is 0 Å². The predicted octanol–water partition coefficient (Wildman–Crippen LogP) is 3.61. The topological polar surface area (TPSA) is 3.24 Å². The van der Waals surface area contributed by atoms with E-state index in [1.807, 2.05) is 11.8 Å². The van der Waals surface area contributed by atoms with E-state index in [2.05, 4.69) is 42.2 Å². The van der Waals surface area contributed by atoms with Gasteiger partial charge in [0, 0.05) is 4.90 Å². The van der Waals surface area contributed by atoms with Gasteiger partial charge in [-0.25, -0.2) is 0 Å². The second-order valence-electron chi connectivity index (χ2n) is 4.04. The summed E-state index contributed by atoms with van der Waals surface area (Å²) in [5.74, 6) is 0. The van der Waals surface area contributed by atoms with Gasteiger partial charge in [0.25, 0.3) is 0 Å². The van der Waals surface area contributed by atoms with Crippen molar-refractivity contribution in [1.29, 1.82) is 0 Å². The van der Waals surface area contributed by atoms with Crippen molar-refractivity contribution < 1.29 is 0 Å². The zero-order chi connectivity index (χ0) is 10.5. The molecule has 82 valence electrons. The lowest BCUT2D eigenvalue weighted by molar-refractivity contribution is 0.311. The van der Waals surface area contributed by atoms with Crippen molar-refractivity contribution in [2.24, 2.45) is 0 Å². The van der Waals surface area contributed by atoms with Crippen molar-refractivity contribution >= 4 is 11.8 Å². The Labute approximate surface area is 96.9 Å². The molecule has 2 heteroatoms. The Kier molecular flexibility index (Phi) is 4.09. The second-order valence-corrected chi connectivity index (χ2v) is 5.29. The number of rotatable bonds is 4. The first-order chi connectivity index (χ1) is 7.40. The molecule has 1 aromatic carbocycles. The van der Waals surface area contributed by atoms with Crippen LogP contribution in [0.3, 0.4) is 0 Å². The van der Waals surface area contributed by atoms with Crippen LogP contribution in [0.5, 0.6) is 0 Å². The SMILES string of the molecule is CCC(Sc1ccccc1)N1CCCC1. The van der Waals surface area contributed by atoms with Crippen molar-refractivity contribution in [3.8, 4) is 0 Å². The van der Waals surface area contributed by atoms with E-state index < -0.39 is 0 Å². The zero-order valence-corrected chi connectivity index (χ0v) is 10.2. The van der Waals surface area contributed by atoms with Gasteiger partial charge in [-0.05, 0) is 44.5 Å². The smallest absolute Gasteiger partial charge is 0.0601 e. The number of hydrogen-bond donors (Lipinski definition) is 0. The van der Waals surface area contributed by atoms with Crippen LogP contribution in [0.15, 0.2) is 35.2 Å². The monoisotopic (exact) mass is 221 g/mol. The summed E-state index contributed by atoms with van der Waals surface area (Å²) >= 11 is 2.01. The average Bonchev–Trinajstić information content (AvgIpc) is 2.81. The fourth-order valence-electron chi connectivity index (χ4n) is 2.10. The van der Waals surface area contributed by atoms with Crippen LogP contribution < -0.4 is 0 Å². The molecular weight excluding hydrogens is 202 g/mol. The Bertz CT molecular complexity index is 280. The molecule has 0 aliphatic carbocycles. The van der Waals surface area contributed by atoms with Gasteiger partial charge in [0.2, 0.25) is 0 Å². The predicted molar refractivity (Wildman–Crippen MR) is 67.2 cm³/mol. The van der Waals surface area contributed by atoms with Gasteiger partial charge in [-0.3, -0.25) is 4.90 Å². The van der Waals surface area contributed by atoms with Crippen molar-refractivity contribution in [2.45, 2.75) is 36.5 Å². The van der Waals surface area contributed by atoms with Crippen LogP contribution in [0.4, 0.5) is 0 Å². The standard InChI is InChI=1S/C13H19NS/c1-2-13(14-10-6-7-11-14)15-12-8-4-3-5-9-12/h3-5,8-9,13H,2,6-7,10-11H2,1H3.